The molecule has 0 aromatic heterocycles. The summed E-state index contributed by atoms with van der Waals surface area (Å²) in [5.74, 6) is 0.722. The van der Waals surface area contributed by atoms with Gasteiger partial charge in [0.1, 0.15) is 11.5 Å². The zero-order valence-electron chi connectivity index (χ0n) is 11.8. The van der Waals surface area contributed by atoms with E-state index in [1.807, 2.05) is 26.8 Å². The van der Waals surface area contributed by atoms with Crippen LogP contribution in [0.4, 0.5) is 11.4 Å². The molecular weight excluding hydrogens is 252 g/mol. The van der Waals surface area contributed by atoms with E-state index < -0.39 is 0 Å². The summed E-state index contributed by atoms with van der Waals surface area (Å²) in [6.45, 7) is 5.92. The van der Waals surface area contributed by atoms with Crippen molar-refractivity contribution in [3.05, 3.63) is 47.5 Å². The quantitative estimate of drug-likeness (QED) is 0.775. The lowest BCUT2D eigenvalue weighted by Crippen LogP contribution is -1.89. The second-order valence-corrected chi connectivity index (χ2v) is 5.07. The van der Waals surface area contributed by atoms with Crippen molar-refractivity contribution in [3.63, 3.8) is 0 Å². The van der Waals surface area contributed by atoms with Crippen LogP contribution in [0.5, 0.6) is 11.5 Å². The zero-order valence-corrected chi connectivity index (χ0v) is 11.8. The number of azo groups is 1. The lowest BCUT2D eigenvalue weighted by molar-refractivity contribution is 0.470. The number of hydrogen-bond acceptors (Lipinski definition) is 4. The van der Waals surface area contributed by atoms with Crippen molar-refractivity contribution in [1.29, 1.82) is 0 Å². The summed E-state index contributed by atoms with van der Waals surface area (Å²) < 4.78 is 0. The monoisotopic (exact) mass is 270 g/mol. The van der Waals surface area contributed by atoms with Crippen molar-refractivity contribution < 1.29 is 10.2 Å². The molecule has 0 atom stereocenters. The maximum absolute atomic E-state index is 9.79. The van der Waals surface area contributed by atoms with E-state index in [9.17, 15) is 10.2 Å². The van der Waals surface area contributed by atoms with Crippen molar-refractivity contribution in [1.82, 2.24) is 0 Å². The van der Waals surface area contributed by atoms with Crippen LogP contribution in [0.25, 0.3) is 0 Å². The van der Waals surface area contributed by atoms with Crippen LogP contribution in [0.3, 0.4) is 0 Å². The maximum atomic E-state index is 9.79. The van der Waals surface area contributed by atoms with Gasteiger partial charge in [-0.25, -0.2) is 0 Å². The summed E-state index contributed by atoms with van der Waals surface area (Å²) >= 11 is 0. The fourth-order valence-corrected chi connectivity index (χ4v) is 1.88. The van der Waals surface area contributed by atoms with Gasteiger partial charge in [-0.3, -0.25) is 0 Å². The highest BCUT2D eigenvalue weighted by atomic mass is 16.3. The van der Waals surface area contributed by atoms with Crippen LogP contribution >= 0.6 is 0 Å². The summed E-state index contributed by atoms with van der Waals surface area (Å²) in [5, 5.41) is 27.4. The first kappa shape index (κ1) is 14.1. The molecule has 2 aromatic rings. The molecule has 0 unspecified atom stereocenters. The molecule has 4 nitrogen and oxygen atoms in total. The summed E-state index contributed by atoms with van der Waals surface area (Å²) in [6.07, 6.45) is 0. The predicted octanol–water partition coefficient (Wildman–Crippen LogP) is 4.95. The van der Waals surface area contributed by atoms with Gasteiger partial charge >= 0.3 is 0 Å². The topological polar surface area (TPSA) is 65.2 Å². The molecule has 0 fully saturated rings. The minimum absolute atomic E-state index is 0.201. The fourth-order valence-electron chi connectivity index (χ4n) is 1.88. The number of nitrogens with zero attached hydrogens (tertiary/aromatic N) is 2. The molecule has 2 aromatic carbocycles. The molecule has 0 saturated heterocycles. The van der Waals surface area contributed by atoms with Crippen LogP contribution in [0.15, 0.2) is 46.6 Å². The summed E-state index contributed by atoms with van der Waals surface area (Å²) in [6, 6.07) is 10.1. The number of aryl methyl sites for hydroxylation is 1. The Morgan fingerprint density at radius 2 is 1.60 bits per heavy atom. The minimum Gasteiger partial charge on any atom is -0.508 e. The number of benzene rings is 2. The molecule has 2 rings (SSSR count). The van der Waals surface area contributed by atoms with Gasteiger partial charge in [0.05, 0.1) is 11.4 Å². The zero-order chi connectivity index (χ0) is 14.7. The first-order chi connectivity index (χ1) is 9.47. The van der Waals surface area contributed by atoms with Gasteiger partial charge in [-0.2, -0.15) is 10.2 Å². The van der Waals surface area contributed by atoms with Gasteiger partial charge in [-0.1, -0.05) is 13.8 Å². The van der Waals surface area contributed by atoms with Crippen molar-refractivity contribution in [2.24, 2.45) is 10.2 Å². The molecule has 20 heavy (non-hydrogen) atoms. The average Bonchev–Trinajstić information content (AvgIpc) is 2.41. The first-order valence-electron chi connectivity index (χ1n) is 6.51. The van der Waals surface area contributed by atoms with Crippen molar-refractivity contribution >= 4 is 11.4 Å². The molecule has 0 aliphatic carbocycles. The van der Waals surface area contributed by atoms with E-state index in [1.165, 1.54) is 0 Å². The highest BCUT2D eigenvalue weighted by Gasteiger charge is 2.10. The number of phenols is 2. The summed E-state index contributed by atoms with van der Waals surface area (Å²) in [5.41, 5.74) is 3.15. The molecule has 2 N–H and O–H groups in total. The van der Waals surface area contributed by atoms with Crippen LogP contribution in [0.2, 0.25) is 0 Å². The van der Waals surface area contributed by atoms with Crippen molar-refractivity contribution in [2.75, 3.05) is 0 Å². The van der Waals surface area contributed by atoms with E-state index in [2.05, 4.69) is 10.2 Å². The van der Waals surface area contributed by atoms with Gasteiger partial charge in [-0.05, 0) is 60.4 Å². The van der Waals surface area contributed by atoms with E-state index >= 15 is 0 Å². The number of hydrogen-bond donors (Lipinski definition) is 2. The van der Waals surface area contributed by atoms with Crippen molar-refractivity contribution in [3.8, 4) is 11.5 Å². The molecule has 0 aliphatic rings. The average molecular weight is 270 g/mol. The summed E-state index contributed by atoms with van der Waals surface area (Å²) in [4.78, 5) is 0. The number of phenolic OH excluding ortho intramolecular Hbond substituents is 2. The van der Waals surface area contributed by atoms with Crippen LogP contribution < -0.4 is 0 Å². The highest BCUT2D eigenvalue weighted by Crippen LogP contribution is 2.34. The third-order valence-electron chi connectivity index (χ3n) is 3.09. The standard InChI is InChI=1S/C16H18N2O2/c1-10(2)14-9-16(20)11(3)8-15(14)18-17-12-4-6-13(19)7-5-12/h4-10,19-20H,1-3H3/b18-17+. The van der Waals surface area contributed by atoms with E-state index in [4.69, 9.17) is 0 Å². The molecule has 0 aliphatic heterocycles. The molecule has 0 saturated carbocycles. The highest BCUT2D eigenvalue weighted by molar-refractivity contribution is 5.55. The lowest BCUT2D eigenvalue weighted by atomic mass is 9.99. The molecule has 4 heteroatoms. The van der Waals surface area contributed by atoms with E-state index in [0.717, 1.165) is 16.8 Å². The Hall–Kier alpha value is -2.36. The van der Waals surface area contributed by atoms with Crippen molar-refractivity contribution in [2.45, 2.75) is 26.7 Å². The fraction of sp³-hybridized carbons (Fsp3) is 0.250. The van der Waals surface area contributed by atoms with Gasteiger partial charge in [0, 0.05) is 0 Å². The van der Waals surface area contributed by atoms with E-state index in [-0.39, 0.29) is 17.4 Å². The second kappa shape index (κ2) is 5.74. The third kappa shape index (κ3) is 3.15. The van der Waals surface area contributed by atoms with E-state index in [0.29, 0.717) is 5.69 Å². The molecule has 0 heterocycles. The van der Waals surface area contributed by atoms with Crippen LogP contribution in [0.1, 0.15) is 30.9 Å². The molecule has 0 spiro atoms. The minimum atomic E-state index is 0.201. The van der Waals surface area contributed by atoms with Gasteiger partial charge in [-0.15, -0.1) is 0 Å². The summed E-state index contributed by atoms with van der Waals surface area (Å²) in [7, 11) is 0. The van der Waals surface area contributed by atoms with Gasteiger partial charge in [0.2, 0.25) is 0 Å². The Morgan fingerprint density at radius 3 is 2.20 bits per heavy atom. The second-order valence-electron chi connectivity index (χ2n) is 5.07. The third-order valence-corrected chi connectivity index (χ3v) is 3.09. The van der Waals surface area contributed by atoms with Gasteiger partial charge in [0.25, 0.3) is 0 Å². The van der Waals surface area contributed by atoms with Crippen LogP contribution in [0, 0.1) is 6.92 Å². The Kier molecular flexibility index (Phi) is 4.03. The SMILES string of the molecule is Cc1cc(/N=N/c2ccc(O)cc2)c(C(C)C)cc1O. The molecule has 0 amide bonds. The molecule has 0 bridgehead atoms. The normalized spacial score (nSPS) is 11.4. The lowest BCUT2D eigenvalue weighted by Gasteiger charge is -2.11. The van der Waals surface area contributed by atoms with Gasteiger partial charge in [0.15, 0.2) is 0 Å². The molecule has 0 radical (unpaired) electrons. The van der Waals surface area contributed by atoms with Crippen LogP contribution in [-0.2, 0) is 0 Å². The number of aromatic hydroxyl groups is 2. The Balaban J connectivity index is 2.37. The Labute approximate surface area is 118 Å². The Bertz CT molecular complexity index is 632. The number of rotatable bonds is 3. The predicted molar refractivity (Wildman–Crippen MR) is 79.2 cm³/mol. The van der Waals surface area contributed by atoms with Crippen LogP contribution in [-0.4, -0.2) is 10.2 Å². The molecule has 104 valence electrons. The van der Waals surface area contributed by atoms with Gasteiger partial charge < -0.3 is 10.2 Å². The first-order valence-corrected chi connectivity index (χ1v) is 6.51. The smallest absolute Gasteiger partial charge is 0.118 e. The van der Waals surface area contributed by atoms with E-state index in [1.54, 1.807) is 30.3 Å². The maximum Gasteiger partial charge on any atom is 0.118 e. The Morgan fingerprint density at radius 1 is 0.950 bits per heavy atom. The largest absolute Gasteiger partial charge is 0.508 e. The molecular formula is C16H18N2O2.